The Morgan fingerprint density at radius 1 is 0.968 bits per heavy atom. The summed E-state index contributed by atoms with van der Waals surface area (Å²) in [7, 11) is 0. The number of fused-ring (bicyclic) bond motifs is 1. The summed E-state index contributed by atoms with van der Waals surface area (Å²) in [5, 5.41) is 4.32. The molecule has 0 spiro atoms. The van der Waals surface area contributed by atoms with Crippen LogP contribution in [0.3, 0.4) is 0 Å². The predicted octanol–water partition coefficient (Wildman–Crippen LogP) is 5.62. The third-order valence-electron chi connectivity index (χ3n) is 5.36. The fourth-order valence-electron chi connectivity index (χ4n) is 3.59. The van der Waals surface area contributed by atoms with Crippen LogP contribution in [0.4, 0.5) is 11.6 Å². The second-order valence-electron chi connectivity index (χ2n) is 7.36. The minimum atomic E-state index is -0.167. The summed E-state index contributed by atoms with van der Waals surface area (Å²) >= 11 is 6.14. The number of hydrogen-bond donors (Lipinski definition) is 1. The van der Waals surface area contributed by atoms with Gasteiger partial charge in [-0.15, -0.1) is 0 Å². The highest BCUT2D eigenvalue weighted by Crippen LogP contribution is 2.22. The van der Waals surface area contributed by atoms with E-state index in [0.717, 1.165) is 31.0 Å². The lowest BCUT2D eigenvalue weighted by atomic mass is 10.2. The summed E-state index contributed by atoms with van der Waals surface area (Å²) in [4.78, 5) is 20.5. The van der Waals surface area contributed by atoms with Crippen LogP contribution in [0.1, 0.15) is 19.4 Å². The van der Waals surface area contributed by atoms with Gasteiger partial charge in [0.15, 0.2) is 0 Å². The van der Waals surface area contributed by atoms with Crippen molar-refractivity contribution in [2.45, 2.75) is 20.4 Å². The molecule has 6 heteroatoms. The van der Waals surface area contributed by atoms with E-state index in [1.807, 2.05) is 42.5 Å². The summed E-state index contributed by atoms with van der Waals surface area (Å²) in [6.45, 7) is 7.29. The van der Waals surface area contributed by atoms with Crippen LogP contribution < -0.4 is 10.9 Å². The van der Waals surface area contributed by atoms with Gasteiger partial charge < -0.3 is 5.32 Å². The third kappa shape index (κ3) is 4.63. The van der Waals surface area contributed by atoms with Crippen molar-refractivity contribution < 1.29 is 0 Å². The fourth-order valence-corrected chi connectivity index (χ4v) is 3.76. The van der Waals surface area contributed by atoms with Crippen LogP contribution in [0.2, 0.25) is 5.02 Å². The van der Waals surface area contributed by atoms with Crippen LogP contribution in [-0.4, -0.2) is 27.5 Å². The summed E-state index contributed by atoms with van der Waals surface area (Å²) in [6, 6.07) is 22.9. The van der Waals surface area contributed by atoms with Gasteiger partial charge in [0.05, 0.1) is 16.6 Å². The molecule has 3 aromatic carbocycles. The highest BCUT2D eigenvalue weighted by molar-refractivity contribution is 6.31. The smallest absolute Gasteiger partial charge is 0.267 e. The molecule has 0 saturated carbocycles. The van der Waals surface area contributed by atoms with Crippen LogP contribution in [0.15, 0.2) is 77.6 Å². The van der Waals surface area contributed by atoms with Gasteiger partial charge in [-0.2, -0.15) is 0 Å². The summed E-state index contributed by atoms with van der Waals surface area (Å²) in [5.74, 6) is 0.461. The lowest BCUT2D eigenvalue weighted by Crippen LogP contribution is -2.23. The molecule has 1 N–H and O–H groups in total. The van der Waals surface area contributed by atoms with E-state index in [9.17, 15) is 4.79 Å². The Morgan fingerprint density at radius 3 is 2.35 bits per heavy atom. The molecule has 0 aliphatic rings. The molecule has 0 atom stereocenters. The molecule has 0 unspecified atom stereocenters. The summed E-state index contributed by atoms with van der Waals surface area (Å²) < 4.78 is 1.59. The number of para-hydroxylation sites is 1. The highest BCUT2D eigenvalue weighted by Gasteiger charge is 2.13. The number of halogens is 1. The maximum Gasteiger partial charge on any atom is 0.267 e. The van der Waals surface area contributed by atoms with E-state index in [0.29, 0.717) is 21.9 Å². The van der Waals surface area contributed by atoms with Crippen molar-refractivity contribution in [3.63, 3.8) is 0 Å². The summed E-state index contributed by atoms with van der Waals surface area (Å²) in [6.07, 6.45) is 0. The summed E-state index contributed by atoms with van der Waals surface area (Å²) in [5.41, 5.74) is 3.29. The number of benzene rings is 3. The first kappa shape index (κ1) is 21.1. The highest BCUT2D eigenvalue weighted by atomic mass is 35.5. The van der Waals surface area contributed by atoms with Crippen molar-refractivity contribution in [3.05, 3.63) is 93.7 Å². The molecule has 0 saturated heterocycles. The molecule has 0 aliphatic heterocycles. The van der Waals surface area contributed by atoms with Crippen LogP contribution in [-0.2, 0) is 6.54 Å². The molecule has 158 valence electrons. The molecule has 31 heavy (non-hydrogen) atoms. The van der Waals surface area contributed by atoms with Crippen LogP contribution in [0, 0.1) is 0 Å². The predicted molar refractivity (Wildman–Crippen MR) is 129 cm³/mol. The standard InChI is InChI=1S/C25H25ClN4O/c1-3-29(4-2)17-18-10-13-20(14-11-18)27-25-28-23-15-12-19(26)16-22(23)24(31)30(25)21-8-6-5-7-9-21/h5-16H,3-4,17H2,1-2H3,(H,27,28). The molecular formula is C25H25ClN4O. The van der Waals surface area contributed by atoms with Crippen LogP contribution >= 0.6 is 11.6 Å². The Labute approximate surface area is 186 Å². The minimum Gasteiger partial charge on any atom is -0.325 e. The van der Waals surface area contributed by atoms with Gasteiger partial charge in [-0.25, -0.2) is 9.55 Å². The molecule has 4 rings (SSSR count). The maximum atomic E-state index is 13.4. The Balaban J connectivity index is 1.75. The van der Waals surface area contributed by atoms with E-state index in [2.05, 4.69) is 36.2 Å². The molecule has 0 bridgehead atoms. The van der Waals surface area contributed by atoms with Gasteiger partial charge in [0.25, 0.3) is 5.56 Å². The Morgan fingerprint density at radius 2 is 1.68 bits per heavy atom. The average molecular weight is 433 g/mol. The normalized spacial score (nSPS) is 11.2. The van der Waals surface area contributed by atoms with E-state index in [4.69, 9.17) is 16.6 Å². The number of nitrogens with one attached hydrogen (secondary N) is 1. The monoisotopic (exact) mass is 432 g/mol. The molecule has 1 heterocycles. The van der Waals surface area contributed by atoms with Gasteiger partial charge >= 0.3 is 0 Å². The van der Waals surface area contributed by atoms with Gasteiger partial charge in [-0.05, 0) is 61.1 Å². The lowest BCUT2D eigenvalue weighted by Gasteiger charge is -2.18. The minimum absolute atomic E-state index is 0.167. The zero-order valence-electron chi connectivity index (χ0n) is 17.7. The van der Waals surface area contributed by atoms with Crippen molar-refractivity contribution in [3.8, 4) is 5.69 Å². The van der Waals surface area contributed by atoms with Crippen molar-refractivity contribution >= 4 is 34.1 Å². The second kappa shape index (κ2) is 9.33. The first-order chi connectivity index (χ1) is 15.1. The lowest BCUT2D eigenvalue weighted by molar-refractivity contribution is 0.296. The number of rotatable bonds is 7. The van der Waals surface area contributed by atoms with Crippen molar-refractivity contribution in [2.75, 3.05) is 18.4 Å². The second-order valence-corrected chi connectivity index (χ2v) is 7.79. The first-order valence-electron chi connectivity index (χ1n) is 10.4. The molecule has 0 amide bonds. The van der Waals surface area contributed by atoms with E-state index in [1.54, 1.807) is 22.8 Å². The SMILES string of the molecule is CCN(CC)Cc1ccc(Nc2nc3ccc(Cl)cc3c(=O)n2-c2ccccc2)cc1. The van der Waals surface area contributed by atoms with Gasteiger partial charge in [0.2, 0.25) is 5.95 Å². The molecule has 4 aromatic rings. The van der Waals surface area contributed by atoms with Crippen molar-refractivity contribution in [1.82, 2.24) is 14.5 Å². The fraction of sp³-hybridized carbons (Fsp3) is 0.200. The van der Waals surface area contributed by atoms with E-state index in [1.165, 1.54) is 5.56 Å². The largest absolute Gasteiger partial charge is 0.325 e. The Bertz CT molecular complexity index is 1230. The number of anilines is 2. The maximum absolute atomic E-state index is 13.4. The average Bonchev–Trinajstić information content (AvgIpc) is 2.80. The number of nitrogens with zero attached hydrogens (tertiary/aromatic N) is 3. The molecule has 0 radical (unpaired) electrons. The van der Waals surface area contributed by atoms with E-state index < -0.39 is 0 Å². The number of hydrogen-bond acceptors (Lipinski definition) is 4. The zero-order valence-corrected chi connectivity index (χ0v) is 18.4. The van der Waals surface area contributed by atoms with Gasteiger partial charge in [0.1, 0.15) is 0 Å². The topological polar surface area (TPSA) is 50.2 Å². The zero-order chi connectivity index (χ0) is 21.8. The van der Waals surface area contributed by atoms with Gasteiger partial charge in [0, 0.05) is 17.3 Å². The molecule has 0 aliphatic carbocycles. The van der Waals surface area contributed by atoms with Crippen molar-refractivity contribution in [2.24, 2.45) is 0 Å². The van der Waals surface area contributed by atoms with Crippen LogP contribution in [0.5, 0.6) is 0 Å². The Kier molecular flexibility index (Phi) is 6.35. The van der Waals surface area contributed by atoms with E-state index >= 15 is 0 Å². The van der Waals surface area contributed by atoms with E-state index in [-0.39, 0.29) is 5.56 Å². The van der Waals surface area contributed by atoms with Gasteiger partial charge in [-0.1, -0.05) is 55.8 Å². The van der Waals surface area contributed by atoms with Crippen molar-refractivity contribution in [1.29, 1.82) is 0 Å². The first-order valence-corrected chi connectivity index (χ1v) is 10.8. The Hall–Kier alpha value is -3.15. The van der Waals surface area contributed by atoms with Crippen LogP contribution in [0.25, 0.3) is 16.6 Å². The molecule has 5 nitrogen and oxygen atoms in total. The molecule has 1 aromatic heterocycles. The third-order valence-corrected chi connectivity index (χ3v) is 5.59. The van der Waals surface area contributed by atoms with Gasteiger partial charge in [-0.3, -0.25) is 9.69 Å². The number of aromatic nitrogens is 2. The molecular weight excluding hydrogens is 408 g/mol. The quantitative estimate of drug-likeness (QED) is 0.411. The molecule has 0 fully saturated rings.